The van der Waals surface area contributed by atoms with Crippen LogP contribution in [-0.2, 0) is 19.1 Å². The van der Waals surface area contributed by atoms with Gasteiger partial charge in [-0.1, -0.05) is 44.9 Å². The van der Waals surface area contributed by atoms with Crippen LogP contribution in [0.25, 0.3) is 0 Å². The summed E-state index contributed by atoms with van der Waals surface area (Å²) >= 11 is 0. The zero-order chi connectivity index (χ0) is 22.2. The van der Waals surface area contributed by atoms with Crippen LogP contribution in [0.4, 0.5) is 0 Å². The van der Waals surface area contributed by atoms with Gasteiger partial charge in [-0.15, -0.1) is 0 Å². The van der Waals surface area contributed by atoms with Crippen molar-refractivity contribution >= 4 is 11.6 Å². The number of aliphatic hydroxyl groups is 2. The van der Waals surface area contributed by atoms with E-state index in [1.165, 1.54) is 0 Å². The predicted octanol–water partition coefficient (Wildman–Crippen LogP) is 2.72. The molecule has 31 heavy (non-hydrogen) atoms. The van der Waals surface area contributed by atoms with E-state index in [-0.39, 0.29) is 34.7 Å². The van der Waals surface area contributed by atoms with Crippen molar-refractivity contribution in [2.45, 2.75) is 83.4 Å². The molecule has 0 aromatic rings. The number of allylic oxidation sites excluding steroid dienone is 4. The van der Waals surface area contributed by atoms with Gasteiger partial charge in [-0.2, -0.15) is 0 Å². The lowest BCUT2D eigenvalue weighted by Gasteiger charge is -2.59. The maximum absolute atomic E-state index is 13.2. The molecule has 3 fully saturated rings. The second-order valence-electron chi connectivity index (χ2n) is 10.7. The third-order valence-electron chi connectivity index (χ3n) is 9.33. The smallest absolute Gasteiger partial charge is 0.193 e. The van der Waals surface area contributed by atoms with E-state index in [9.17, 15) is 19.8 Å². The van der Waals surface area contributed by atoms with Gasteiger partial charge in [-0.3, -0.25) is 9.59 Å². The fourth-order valence-corrected chi connectivity index (χ4v) is 8.03. The van der Waals surface area contributed by atoms with Crippen molar-refractivity contribution in [2.24, 2.45) is 28.6 Å². The average Bonchev–Trinajstić information content (AvgIpc) is 3.20. The Labute approximate surface area is 183 Å². The Balaban J connectivity index is 1.56. The molecule has 2 unspecified atom stereocenters. The number of carbonyl (C=O) groups excluding carboxylic acids is 2. The monoisotopic (exact) mass is 430 g/mol. The molecular formula is C25H34O6. The molecule has 6 nitrogen and oxygen atoms in total. The van der Waals surface area contributed by atoms with Crippen LogP contribution >= 0.6 is 0 Å². The van der Waals surface area contributed by atoms with E-state index in [1.807, 2.05) is 6.08 Å². The molecule has 170 valence electrons. The van der Waals surface area contributed by atoms with Crippen LogP contribution in [0, 0.1) is 28.6 Å². The van der Waals surface area contributed by atoms with Crippen LogP contribution in [0.1, 0.15) is 59.3 Å². The fraction of sp³-hybridized carbons (Fsp3) is 0.760. The summed E-state index contributed by atoms with van der Waals surface area (Å²) in [6, 6.07) is 0. The van der Waals surface area contributed by atoms with Gasteiger partial charge in [0.1, 0.15) is 6.61 Å². The Kier molecular flexibility index (Phi) is 4.91. The van der Waals surface area contributed by atoms with Gasteiger partial charge >= 0.3 is 0 Å². The van der Waals surface area contributed by atoms with Crippen molar-refractivity contribution in [2.75, 3.05) is 6.61 Å². The van der Waals surface area contributed by atoms with Crippen LogP contribution in [0.2, 0.25) is 0 Å². The first kappa shape index (κ1) is 21.5. The third kappa shape index (κ3) is 2.65. The normalized spacial score (nSPS) is 50.4. The lowest BCUT2D eigenvalue weighted by molar-refractivity contribution is -0.198. The van der Waals surface area contributed by atoms with Gasteiger partial charge in [0, 0.05) is 23.2 Å². The van der Waals surface area contributed by atoms with Crippen molar-refractivity contribution < 1.29 is 29.3 Å². The highest BCUT2D eigenvalue weighted by atomic mass is 16.7. The number of fused-ring (bicyclic) bond motifs is 7. The SMILES string of the molecule is CCCC1O[C@@H]2C[C@H]3C4CC=C5CC(=O)C=C[C@]5(C)[C@H]4[C@@H](O)C[C@]3(C)[C@]2(C(=O)CO)O1. The maximum Gasteiger partial charge on any atom is 0.193 e. The molecular weight excluding hydrogens is 396 g/mol. The summed E-state index contributed by atoms with van der Waals surface area (Å²) in [6.07, 6.45) is 8.28. The van der Waals surface area contributed by atoms with Gasteiger partial charge in [-0.25, -0.2) is 0 Å². The molecule has 0 aromatic heterocycles. The first-order chi connectivity index (χ1) is 14.7. The molecule has 0 radical (unpaired) electrons. The minimum absolute atomic E-state index is 0.0125. The first-order valence-electron chi connectivity index (χ1n) is 11.8. The Hall–Kier alpha value is -1.34. The summed E-state index contributed by atoms with van der Waals surface area (Å²) in [5.74, 6) is 0.0642. The van der Waals surface area contributed by atoms with E-state index in [0.717, 1.165) is 18.4 Å². The predicted molar refractivity (Wildman–Crippen MR) is 113 cm³/mol. The summed E-state index contributed by atoms with van der Waals surface area (Å²) in [7, 11) is 0. The topological polar surface area (TPSA) is 93.1 Å². The van der Waals surface area contributed by atoms with Crippen molar-refractivity contribution in [1.82, 2.24) is 0 Å². The molecule has 1 saturated heterocycles. The van der Waals surface area contributed by atoms with Crippen LogP contribution < -0.4 is 0 Å². The minimum atomic E-state index is -1.21. The van der Waals surface area contributed by atoms with Gasteiger partial charge in [0.15, 0.2) is 23.5 Å². The number of rotatable bonds is 4. The molecule has 0 bridgehead atoms. The van der Waals surface area contributed by atoms with Crippen molar-refractivity contribution in [3.05, 3.63) is 23.8 Å². The molecule has 2 N–H and O–H groups in total. The molecule has 0 aromatic carbocycles. The number of ketones is 2. The van der Waals surface area contributed by atoms with E-state index in [1.54, 1.807) is 6.08 Å². The standard InChI is InChI=1S/C25H34O6/c1-4-5-21-30-20-11-17-16-7-6-14-10-15(27)8-9-23(14,2)22(16)18(28)12-24(17,3)25(20,31-21)19(29)13-26/h6,8-9,16-18,20-22,26,28H,4-5,7,10-13H2,1-3H3/t16?,17-,18-,20+,21?,22+,23-,24-,25+/m0/s1. The van der Waals surface area contributed by atoms with E-state index in [0.29, 0.717) is 25.7 Å². The number of Topliss-reactive ketones (excluding diaryl/α,β-unsaturated/α-hetero) is 1. The van der Waals surface area contributed by atoms with E-state index in [2.05, 4.69) is 26.8 Å². The number of hydrogen-bond acceptors (Lipinski definition) is 6. The molecule has 9 atom stereocenters. The quantitative estimate of drug-likeness (QED) is 0.666. The van der Waals surface area contributed by atoms with Gasteiger partial charge in [-0.05, 0) is 43.6 Å². The minimum Gasteiger partial charge on any atom is -0.393 e. The van der Waals surface area contributed by atoms with E-state index < -0.39 is 36.1 Å². The molecule has 5 rings (SSSR count). The average molecular weight is 431 g/mol. The highest BCUT2D eigenvalue weighted by molar-refractivity contribution is 5.93. The molecule has 1 aliphatic heterocycles. The van der Waals surface area contributed by atoms with Crippen molar-refractivity contribution in [3.63, 3.8) is 0 Å². The zero-order valence-electron chi connectivity index (χ0n) is 18.7. The zero-order valence-corrected chi connectivity index (χ0v) is 18.7. The lowest BCUT2D eigenvalue weighted by atomic mass is 9.47. The highest BCUT2D eigenvalue weighted by Gasteiger charge is 2.75. The van der Waals surface area contributed by atoms with Gasteiger partial charge in [0.2, 0.25) is 0 Å². The molecule has 1 heterocycles. The van der Waals surface area contributed by atoms with Gasteiger partial charge in [0.25, 0.3) is 0 Å². The van der Waals surface area contributed by atoms with Crippen molar-refractivity contribution in [1.29, 1.82) is 0 Å². The Morgan fingerprint density at radius 3 is 2.81 bits per heavy atom. The molecule has 0 amide bonds. The Morgan fingerprint density at radius 1 is 1.32 bits per heavy atom. The number of carbonyl (C=O) groups is 2. The largest absolute Gasteiger partial charge is 0.393 e. The molecule has 6 heteroatoms. The summed E-state index contributed by atoms with van der Waals surface area (Å²) in [6.45, 7) is 5.66. The van der Waals surface area contributed by atoms with Crippen LogP contribution in [-0.4, -0.2) is 52.5 Å². The number of ether oxygens (including phenoxy) is 2. The van der Waals surface area contributed by atoms with Gasteiger partial charge < -0.3 is 19.7 Å². The lowest BCUT2D eigenvalue weighted by Crippen LogP contribution is -2.63. The number of aliphatic hydroxyl groups excluding tert-OH is 2. The van der Waals surface area contributed by atoms with E-state index >= 15 is 0 Å². The number of hydrogen-bond donors (Lipinski definition) is 2. The van der Waals surface area contributed by atoms with E-state index in [4.69, 9.17) is 9.47 Å². The van der Waals surface area contributed by atoms with Crippen molar-refractivity contribution in [3.8, 4) is 0 Å². The Morgan fingerprint density at radius 2 is 2.10 bits per heavy atom. The second kappa shape index (κ2) is 7.08. The second-order valence-corrected chi connectivity index (χ2v) is 10.7. The summed E-state index contributed by atoms with van der Waals surface area (Å²) in [5, 5.41) is 21.4. The summed E-state index contributed by atoms with van der Waals surface area (Å²) < 4.78 is 12.7. The van der Waals surface area contributed by atoms with Crippen LogP contribution in [0.3, 0.4) is 0 Å². The summed E-state index contributed by atoms with van der Waals surface area (Å²) in [4.78, 5) is 25.2. The third-order valence-corrected chi connectivity index (χ3v) is 9.33. The molecule has 2 saturated carbocycles. The molecule has 5 aliphatic rings. The first-order valence-corrected chi connectivity index (χ1v) is 11.8. The summed E-state index contributed by atoms with van der Waals surface area (Å²) in [5.41, 5.74) is -1.06. The molecule has 0 spiro atoms. The maximum atomic E-state index is 13.2. The van der Waals surface area contributed by atoms with Crippen LogP contribution in [0.15, 0.2) is 23.8 Å². The fourth-order valence-electron chi connectivity index (χ4n) is 8.03. The van der Waals surface area contributed by atoms with Gasteiger partial charge in [0.05, 0.1) is 12.2 Å². The molecule has 4 aliphatic carbocycles. The highest BCUT2D eigenvalue weighted by Crippen LogP contribution is 2.69. The van der Waals surface area contributed by atoms with Crippen LogP contribution in [0.5, 0.6) is 0 Å². The Bertz CT molecular complexity index is 862.